The Bertz CT molecular complexity index is 1060. The lowest BCUT2D eigenvalue weighted by Gasteiger charge is -2.05. The highest BCUT2D eigenvalue weighted by Gasteiger charge is 2.10. The van der Waals surface area contributed by atoms with Gasteiger partial charge in [0.1, 0.15) is 5.65 Å². The summed E-state index contributed by atoms with van der Waals surface area (Å²) in [5.41, 5.74) is 7.27. The van der Waals surface area contributed by atoms with Gasteiger partial charge in [-0.1, -0.05) is 50.2 Å². The highest BCUT2D eigenvalue weighted by Crippen LogP contribution is 2.32. The Morgan fingerprint density at radius 2 is 1.67 bits per heavy atom. The summed E-state index contributed by atoms with van der Waals surface area (Å²) in [6, 6.07) is 20.6. The Morgan fingerprint density at radius 3 is 2.37 bits per heavy atom. The average molecular weight is 356 g/mol. The van der Waals surface area contributed by atoms with Gasteiger partial charge in [0.15, 0.2) is 0 Å². The van der Waals surface area contributed by atoms with E-state index in [1.54, 1.807) is 7.05 Å². The zero-order chi connectivity index (χ0) is 19.2. The van der Waals surface area contributed by atoms with Crippen LogP contribution in [0.15, 0.2) is 77.1 Å². The molecule has 0 amide bonds. The Labute approximate surface area is 160 Å². The summed E-state index contributed by atoms with van der Waals surface area (Å²) >= 11 is 0. The standard InChI is InChI=1S/C21H18N4.C2H6/c1-14-12-16(8-10-19(14)25-22-2)18-13-23-21-17(18)9-11-20(24-21)15-6-4-3-5-7-15;1-2/h3-13H,1-2H3,(H,23,24);1-2H3. The zero-order valence-electron chi connectivity index (χ0n) is 16.2. The molecule has 0 spiro atoms. The molecule has 0 aliphatic heterocycles. The summed E-state index contributed by atoms with van der Waals surface area (Å²) in [5.74, 6) is 0. The molecule has 2 aromatic heterocycles. The van der Waals surface area contributed by atoms with Crippen LogP contribution in [-0.4, -0.2) is 17.0 Å². The monoisotopic (exact) mass is 356 g/mol. The summed E-state index contributed by atoms with van der Waals surface area (Å²) < 4.78 is 0. The quantitative estimate of drug-likeness (QED) is 0.397. The number of fused-ring (bicyclic) bond motifs is 1. The summed E-state index contributed by atoms with van der Waals surface area (Å²) in [7, 11) is 1.68. The Kier molecular flexibility index (Phi) is 5.77. The number of benzene rings is 2. The second-order valence-corrected chi connectivity index (χ2v) is 5.96. The maximum absolute atomic E-state index is 4.77. The second-order valence-electron chi connectivity index (χ2n) is 5.96. The lowest BCUT2D eigenvalue weighted by Crippen LogP contribution is -1.84. The molecule has 2 heterocycles. The molecule has 0 unspecified atom stereocenters. The van der Waals surface area contributed by atoms with Crippen molar-refractivity contribution in [1.29, 1.82) is 0 Å². The maximum atomic E-state index is 4.77. The van der Waals surface area contributed by atoms with Gasteiger partial charge in [0.2, 0.25) is 0 Å². The van der Waals surface area contributed by atoms with Gasteiger partial charge in [-0.2, -0.15) is 10.2 Å². The van der Waals surface area contributed by atoms with Gasteiger partial charge < -0.3 is 4.98 Å². The van der Waals surface area contributed by atoms with Gasteiger partial charge in [0.05, 0.1) is 11.4 Å². The molecule has 4 aromatic rings. The Balaban J connectivity index is 0.00000102. The SMILES string of the molecule is CC.CN=Nc1ccc(-c2c[nH]c3nc(-c4ccccc4)ccc23)cc1C. The number of nitrogens with zero attached hydrogens (tertiary/aromatic N) is 3. The number of nitrogens with one attached hydrogen (secondary N) is 1. The van der Waals surface area contributed by atoms with E-state index in [0.29, 0.717) is 0 Å². The summed E-state index contributed by atoms with van der Waals surface area (Å²) in [4.78, 5) is 8.07. The third-order valence-corrected chi connectivity index (χ3v) is 4.32. The molecule has 1 N–H and O–H groups in total. The van der Waals surface area contributed by atoms with E-state index in [0.717, 1.165) is 44.7 Å². The maximum Gasteiger partial charge on any atom is 0.138 e. The summed E-state index contributed by atoms with van der Waals surface area (Å²) in [5, 5.41) is 9.11. The Morgan fingerprint density at radius 1 is 0.889 bits per heavy atom. The molecule has 0 bridgehead atoms. The van der Waals surface area contributed by atoms with Crippen molar-refractivity contribution in [2.75, 3.05) is 7.05 Å². The van der Waals surface area contributed by atoms with E-state index in [9.17, 15) is 0 Å². The average Bonchev–Trinajstić information content (AvgIpc) is 3.15. The van der Waals surface area contributed by atoms with Gasteiger partial charge in [0, 0.05) is 29.8 Å². The van der Waals surface area contributed by atoms with Crippen LogP contribution in [0.5, 0.6) is 0 Å². The lowest BCUT2D eigenvalue weighted by atomic mass is 10.0. The number of aromatic nitrogens is 2. The van der Waals surface area contributed by atoms with Crippen LogP contribution in [0, 0.1) is 6.92 Å². The van der Waals surface area contributed by atoms with Crippen molar-refractivity contribution in [3.8, 4) is 22.4 Å². The molecule has 4 nitrogen and oxygen atoms in total. The van der Waals surface area contributed by atoms with E-state index in [1.165, 1.54) is 0 Å². The first-order chi connectivity index (χ1) is 13.3. The van der Waals surface area contributed by atoms with Crippen molar-refractivity contribution in [1.82, 2.24) is 9.97 Å². The summed E-state index contributed by atoms with van der Waals surface area (Å²) in [6.45, 7) is 6.05. The fourth-order valence-electron chi connectivity index (χ4n) is 3.06. The minimum atomic E-state index is 0.895. The van der Waals surface area contributed by atoms with E-state index < -0.39 is 0 Å². The minimum Gasteiger partial charge on any atom is -0.345 e. The Hall–Kier alpha value is -3.27. The first-order valence-corrected chi connectivity index (χ1v) is 9.20. The van der Waals surface area contributed by atoms with Gasteiger partial charge in [-0.05, 0) is 42.3 Å². The molecule has 27 heavy (non-hydrogen) atoms. The molecule has 0 saturated heterocycles. The first kappa shape index (κ1) is 18.5. The zero-order valence-corrected chi connectivity index (χ0v) is 16.2. The van der Waals surface area contributed by atoms with E-state index >= 15 is 0 Å². The largest absolute Gasteiger partial charge is 0.345 e. The van der Waals surface area contributed by atoms with Crippen molar-refractivity contribution in [2.45, 2.75) is 20.8 Å². The molecule has 0 aliphatic carbocycles. The second kappa shape index (κ2) is 8.41. The van der Waals surface area contributed by atoms with Gasteiger partial charge in [-0.25, -0.2) is 4.98 Å². The molecular weight excluding hydrogens is 332 g/mol. The number of H-pyrrole nitrogens is 1. The van der Waals surface area contributed by atoms with Crippen molar-refractivity contribution >= 4 is 16.7 Å². The van der Waals surface area contributed by atoms with Crippen LogP contribution in [0.4, 0.5) is 5.69 Å². The van der Waals surface area contributed by atoms with Crippen molar-refractivity contribution in [3.63, 3.8) is 0 Å². The van der Waals surface area contributed by atoms with E-state index in [2.05, 4.69) is 51.6 Å². The first-order valence-electron chi connectivity index (χ1n) is 9.20. The highest BCUT2D eigenvalue weighted by atomic mass is 15.1. The van der Waals surface area contributed by atoms with Crippen LogP contribution in [-0.2, 0) is 0 Å². The number of hydrogen-bond donors (Lipinski definition) is 1. The number of azo groups is 1. The summed E-state index contributed by atoms with van der Waals surface area (Å²) in [6.07, 6.45) is 2.02. The van der Waals surface area contributed by atoms with Crippen molar-refractivity contribution in [3.05, 3.63) is 72.4 Å². The minimum absolute atomic E-state index is 0.895. The molecule has 0 saturated carbocycles. The lowest BCUT2D eigenvalue weighted by molar-refractivity contribution is 1.15. The third kappa shape index (κ3) is 3.80. The van der Waals surface area contributed by atoms with Crippen LogP contribution in [0.25, 0.3) is 33.4 Å². The van der Waals surface area contributed by atoms with Crippen molar-refractivity contribution in [2.24, 2.45) is 10.2 Å². The van der Waals surface area contributed by atoms with Crippen LogP contribution < -0.4 is 0 Å². The molecule has 0 radical (unpaired) electrons. The fraction of sp³-hybridized carbons (Fsp3) is 0.174. The van der Waals surface area contributed by atoms with Crippen LogP contribution in [0.3, 0.4) is 0 Å². The predicted octanol–water partition coefficient (Wildman–Crippen LogP) is 6.95. The van der Waals surface area contributed by atoms with Gasteiger partial charge >= 0.3 is 0 Å². The normalized spacial score (nSPS) is 10.8. The van der Waals surface area contributed by atoms with E-state index in [-0.39, 0.29) is 0 Å². The van der Waals surface area contributed by atoms with Crippen LogP contribution in [0.1, 0.15) is 19.4 Å². The van der Waals surface area contributed by atoms with Gasteiger partial charge in [0.25, 0.3) is 0 Å². The third-order valence-electron chi connectivity index (χ3n) is 4.32. The van der Waals surface area contributed by atoms with Crippen LogP contribution >= 0.6 is 0 Å². The molecule has 0 aliphatic rings. The molecule has 0 atom stereocenters. The highest BCUT2D eigenvalue weighted by molar-refractivity contribution is 5.95. The van der Waals surface area contributed by atoms with Gasteiger partial charge in [-0.15, -0.1) is 0 Å². The van der Waals surface area contributed by atoms with E-state index in [4.69, 9.17) is 4.98 Å². The number of rotatable bonds is 3. The molecule has 2 aromatic carbocycles. The topological polar surface area (TPSA) is 53.4 Å². The fourth-order valence-corrected chi connectivity index (χ4v) is 3.06. The predicted molar refractivity (Wildman–Crippen MR) is 113 cm³/mol. The molecular formula is C23H24N4. The number of aromatic amines is 1. The number of pyridine rings is 1. The van der Waals surface area contributed by atoms with E-state index in [1.807, 2.05) is 51.2 Å². The number of hydrogen-bond acceptors (Lipinski definition) is 3. The van der Waals surface area contributed by atoms with Crippen molar-refractivity contribution < 1.29 is 0 Å². The molecule has 136 valence electrons. The smallest absolute Gasteiger partial charge is 0.138 e. The molecule has 4 rings (SSSR count). The van der Waals surface area contributed by atoms with Crippen LogP contribution in [0.2, 0.25) is 0 Å². The number of aryl methyl sites for hydroxylation is 1. The van der Waals surface area contributed by atoms with Gasteiger partial charge in [-0.3, -0.25) is 0 Å². The molecule has 0 fully saturated rings. The molecule has 4 heteroatoms.